The predicted octanol–water partition coefficient (Wildman–Crippen LogP) is 0.908. The molecule has 1 heterocycles. The molecule has 0 aliphatic rings. The monoisotopic (exact) mass is 263 g/mol. The maximum Gasteiger partial charge on any atom is 0.312 e. The van der Waals surface area contributed by atoms with Gasteiger partial charge >= 0.3 is 5.69 Å². The van der Waals surface area contributed by atoms with Crippen molar-refractivity contribution in [2.45, 2.75) is 6.10 Å². The Morgan fingerprint density at radius 3 is 2.84 bits per heavy atom. The van der Waals surface area contributed by atoms with E-state index < -0.39 is 17.6 Å². The number of benzene rings is 1. The number of hydrogen-bond donors (Lipinski definition) is 3. The Labute approximate surface area is 108 Å². The van der Waals surface area contributed by atoms with Gasteiger partial charge in [0.1, 0.15) is 0 Å². The number of rotatable bonds is 5. The van der Waals surface area contributed by atoms with E-state index in [2.05, 4.69) is 10.3 Å². The van der Waals surface area contributed by atoms with Crippen molar-refractivity contribution in [3.8, 4) is 0 Å². The molecule has 7 nitrogen and oxygen atoms in total. The fraction of sp³-hybridized carbons (Fsp3) is 0.250. The molecule has 19 heavy (non-hydrogen) atoms. The van der Waals surface area contributed by atoms with Gasteiger partial charge < -0.3 is 15.5 Å². The molecule has 1 aromatic heterocycles. The molecule has 0 bridgehead atoms. The Kier molecular flexibility index (Phi) is 3.88. The normalized spacial score (nSPS) is 12.3. The number of hydrogen-bond acceptors (Lipinski definition) is 6. The van der Waals surface area contributed by atoms with E-state index in [4.69, 9.17) is 5.11 Å². The van der Waals surface area contributed by atoms with Crippen molar-refractivity contribution in [3.63, 3.8) is 0 Å². The highest BCUT2D eigenvalue weighted by molar-refractivity contribution is 5.84. The van der Waals surface area contributed by atoms with Crippen molar-refractivity contribution in [3.05, 3.63) is 40.4 Å². The van der Waals surface area contributed by atoms with Crippen LogP contribution in [0, 0.1) is 10.1 Å². The fourth-order valence-electron chi connectivity index (χ4n) is 1.65. The van der Waals surface area contributed by atoms with Crippen molar-refractivity contribution >= 4 is 22.4 Å². The van der Waals surface area contributed by atoms with Crippen molar-refractivity contribution in [1.29, 1.82) is 0 Å². The molecule has 1 unspecified atom stereocenters. The van der Waals surface area contributed by atoms with Gasteiger partial charge in [0.15, 0.2) is 0 Å². The smallest absolute Gasteiger partial charge is 0.312 e. The maximum atomic E-state index is 11.0. The first kappa shape index (κ1) is 13.2. The number of nitrogens with one attached hydrogen (secondary N) is 1. The SMILES string of the molecule is O=[N+]([O-])c1cc2ccccc2nc1NCC(O)CO. The van der Waals surface area contributed by atoms with E-state index in [1.807, 2.05) is 0 Å². The molecule has 100 valence electrons. The van der Waals surface area contributed by atoms with Crippen LogP contribution in [0.5, 0.6) is 0 Å². The van der Waals surface area contributed by atoms with Gasteiger partial charge in [-0.05, 0) is 6.07 Å². The molecule has 0 spiro atoms. The molecule has 1 aromatic carbocycles. The van der Waals surface area contributed by atoms with Crippen LogP contribution in [-0.4, -0.2) is 39.4 Å². The topological polar surface area (TPSA) is 109 Å². The third-order valence-corrected chi connectivity index (χ3v) is 2.62. The molecule has 0 fully saturated rings. The molecular formula is C12H13N3O4. The Bertz CT molecular complexity index is 603. The molecule has 1 atom stereocenters. The lowest BCUT2D eigenvalue weighted by Gasteiger charge is -2.10. The van der Waals surface area contributed by atoms with Crippen LogP contribution >= 0.6 is 0 Å². The number of nitrogens with zero attached hydrogens (tertiary/aromatic N) is 2. The molecule has 0 saturated heterocycles. The summed E-state index contributed by atoms with van der Waals surface area (Å²) in [6.07, 6.45) is -0.993. The van der Waals surface area contributed by atoms with Crippen molar-refractivity contribution in [2.75, 3.05) is 18.5 Å². The summed E-state index contributed by atoms with van der Waals surface area (Å²) in [5, 5.41) is 32.3. The van der Waals surface area contributed by atoms with Gasteiger partial charge in [0.2, 0.25) is 5.82 Å². The molecule has 3 N–H and O–H groups in total. The summed E-state index contributed by atoms with van der Waals surface area (Å²) in [6.45, 7) is -0.433. The minimum atomic E-state index is -0.993. The molecule has 2 aromatic rings. The number of aliphatic hydroxyl groups is 2. The Morgan fingerprint density at radius 1 is 1.42 bits per heavy atom. The van der Waals surface area contributed by atoms with Gasteiger partial charge in [0.25, 0.3) is 0 Å². The fourth-order valence-corrected chi connectivity index (χ4v) is 1.65. The summed E-state index contributed by atoms with van der Waals surface area (Å²) in [4.78, 5) is 14.6. The van der Waals surface area contributed by atoms with Crippen LogP contribution in [0.15, 0.2) is 30.3 Å². The highest BCUT2D eigenvalue weighted by atomic mass is 16.6. The predicted molar refractivity (Wildman–Crippen MR) is 70.0 cm³/mol. The molecule has 7 heteroatoms. The van der Waals surface area contributed by atoms with E-state index in [0.717, 1.165) is 0 Å². The van der Waals surface area contributed by atoms with Gasteiger partial charge in [-0.3, -0.25) is 10.1 Å². The molecule has 0 aliphatic heterocycles. The standard InChI is InChI=1S/C12H13N3O4/c16-7-9(17)6-13-12-11(15(18)19)5-8-3-1-2-4-10(8)14-12/h1-5,9,16-17H,6-7H2,(H,13,14). The largest absolute Gasteiger partial charge is 0.394 e. The van der Waals surface area contributed by atoms with Crippen LogP contribution in [0.1, 0.15) is 0 Å². The third-order valence-electron chi connectivity index (χ3n) is 2.62. The van der Waals surface area contributed by atoms with E-state index in [-0.39, 0.29) is 18.1 Å². The first-order valence-corrected chi connectivity index (χ1v) is 5.69. The van der Waals surface area contributed by atoms with E-state index >= 15 is 0 Å². The zero-order valence-corrected chi connectivity index (χ0v) is 9.98. The van der Waals surface area contributed by atoms with E-state index in [0.29, 0.717) is 10.9 Å². The summed E-state index contributed by atoms with van der Waals surface area (Å²) in [5.74, 6) is 0.0798. The van der Waals surface area contributed by atoms with Crippen molar-refractivity contribution < 1.29 is 15.1 Å². The van der Waals surface area contributed by atoms with E-state index in [1.165, 1.54) is 6.07 Å². The van der Waals surface area contributed by atoms with Gasteiger partial charge in [0, 0.05) is 18.0 Å². The van der Waals surface area contributed by atoms with Gasteiger partial charge in [-0.15, -0.1) is 0 Å². The van der Waals surface area contributed by atoms with E-state index in [9.17, 15) is 15.2 Å². The zero-order chi connectivity index (χ0) is 13.8. The number of anilines is 1. The van der Waals surface area contributed by atoms with Gasteiger partial charge in [-0.1, -0.05) is 18.2 Å². The van der Waals surface area contributed by atoms with Gasteiger partial charge in [-0.25, -0.2) is 4.98 Å². The first-order chi connectivity index (χ1) is 9.11. The highest BCUT2D eigenvalue weighted by Crippen LogP contribution is 2.26. The van der Waals surface area contributed by atoms with Gasteiger partial charge in [0.05, 0.1) is 23.2 Å². The average molecular weight is 263 g/mol. The molecule has 0 amide bonds. The van der Waals surface area contributed by atoms with Crippen LogP contribution < -0.4 is 5.32 Å². The summed E-state index contributed by atoms with van der Waals surface area (Å²) in [5.41, 5.74) is 0.456. The number of aromatic nitrogens is 1. The second kappa shape index (κ2) is 5.59. The van der Waals surface area contributed by atoms with Crippen LogP contribution in [0.25, 0.3) is 10.9 Å². The molecule has 0 aliphatic carbocycles. The van der Waals surface area contributed by atoms with Crippen LogP contribution in [0.4, 0.5) is 11.5 Å². The van der Waals surface area contributed by atoms with Gasteiger partial charge in [-0.2, -0.15) is 0 Å². The van der Waals surface area contributed by atoms with Crippen molar-refractivity contribution in [1.82, 2.24) is 4.98 Å². The second-order valence-electron chi connectivity index (χ2n) is 4.02. The number of fused-ring (bicyclic) bond motifs is 1. The number of nitro groups is 1. The zero-order valence-electron chi connectivity index (χ0n) is 9.98. The lowest BCUT2D eigenvalue weighted by atomic mass is 10.2. The highest BCUT2D eigenvalue weighted by Gasteiger charge is 2.17. The number of pyridine rings is 1. The lowest BCUT2D eigenvalue weighted by Crippen LogP contribution is -2.23. The van der Waals surface area contributed by atoms with Crippen LogP contribution in [0.3, 0.4) is 0 Å². The maximum absolute atomic E-state index is 11.0. The third kappa shape index (κ3) is 2.95. The lowest BCUT2D eigenvalue weighted by molar-refractivity contribution is -0.384. The summed E-state index contributed by atoms with van der Waals surface area (Å²) >= 11 is 0. The average Bonchev–Trinajstić information content (AvgIpc) is 2.43. The molecule has 0 radical (unpaired) electrons. The summed E-state index contributed by atoms with van der Waals surface area (Å²) in [6, 6.07) is 8.47. The Balaban J connectivity index is 2.39. The van der Waals surface area contributed by atoms with Crippen LogP contribution in [0.2, 0.25) is 0 Å². The van der Waals surface area contributed by atoms with Crippen LogP contribution in [-0.2, 0) is 0 Å². The number of para-hydroxylation sites is 1. The molecule has 2 rings (SSSR count). The van der Waals surface area contributed by atoms with Crippen molar-refractivity contribution in [2.24, 2.45) is 0 Å². The Morgan fingerprint density at radius 2 is 2.16 bits per heavy atom. The quantitative estimate of drug-likeness (QED) is 0.546. The number of aliphatic hydroxyl groups excluding tert-OH is 2. The van der Waals surface area contributed by atoms with E-state index in [1.54, 1.807) is 24.3 Å². The second-order valence-corrected chi connectivity index (χ2v) is 4.02. The summed E-state index contributed by atoms with van der Waals surface area (Å²) < 4.78 is 0. The minimum Gasteiger partial charge on any atom is -0.394 e. The molecule has 0 saturated carbocycles. The molecular weight excluding hydrogens is 250 g/mol. The Hall–Kier alpha value is -2.25. The summed E-state index contributed by atoms with van der Waals surface area (Å²) in [7, 11) is 0. The first-order valence-electron chi connectivity index (χ1n) is 5.69. The minimum absolute atomic E-state index is 0.0112.